The number of nitrogens with one attached hydrogen (secondary N) is 1. The van der Waals surface area contributed by atoms with Crippen LogP contribution < -0.4 is 10.1 Å². The lowest BCUT2D eigenvalue weighted by Crippen LogP contribution is -2.53. The molecular weight excluding hydrogens is 422 g/mol. The number of ether oxygens (including phenoxy) is 1. The molecule has 1 aliphatic carbocycles. The van der Waals surface area contributed by atoms with Crippen LogP contribution in [0.15, 0.2) is 18.2 Å². The molecule has 1 aromatic rings. The van der Waals surface area contributed by atoms with Crippen LogP contribution in [0, 0.1) is 0 Å². The molecule has 3 aliphatic heterocycles. The van der Waals surface area contributed by atoms with E-state index in [0.717, 1.165) is 56.5 Å². The van der Waals surface area contributed by atoms with Gasteiger partial charge in [0.25, 0.3) is 5.91 Å². The predicted octanol–water partition coefficient (Wildman–Crippen LogP) is 1.98. The summed E-state index contributed by atoms with van der Waals surface area (Å²) in [6, 6.07) is 5.33. The van der Waals surface area contributed by atoms with Crippen LogP contribution in [0.4, 0.5) is 0 Å². The highest BCUT2D eigenvalue weighted by Crippen LogP contribution is 2.34. The molecule has 1 saturated carbocycles. The van der Waals surface area contributed by atoms with Crippen molar-refractivity contribution in [3.05, 3.63) is 29.3 Å². The van der Waals surface area contributed by atoms with E-state index in [1.165, 1.54) is 6.42 Å². The van der Waals surface area contributed by atoms with E-state index in [9.17, 15) is 19.5 Å². The number of hydrogen-bond acceptors (Lipinski definition) is 6. The van der Waals surface area contributed by atoms with Crippen molar-refractivity contribution in [2.24, 2.45) is 0 Å². The van der Waals surface area contributed by atoms with Crippen molar-refractivity contribution >= 4 is 17.7 Å². The maximum absolute atomic E-state index is 12.9. The highest BCUT2D eigenvalue weighted by Gasteiger charge is 2.40. The molecule has 0 spiro atoms. The van der Waals surface area contributed by atoms with Crippen molar-refractivity contribution in [2.45, 2.75) is 88.6 Å². The Morgan fingerprint density at radius 2 is 1.85 bits per heavy atom. The maximum Gasteiger partial charge on any atom is 0.255 e. The number of imide groups is 1. The van der Waals surface area contributed by atoms with Crippen LogP contribution in [0.1, 0.15) is 74.2 Å². The van der Waals surface area contributed by atoms with Gasteiger partial charge in [-0.2, -0.15) is 0 Å². The number of carbonyl (C=O) groups is 3. The summed E-state index contributed by atoms with van der Waals surface area (Å²) in [5.74, 6) is -0.0839. The minimum atomic E-state index is -0.606. The normalized spacial score (nSPS) is 30.2. The Morgan fingerprint density at radius 1 is 1.09 bits per heavy atom. The number of amides is 3. The van der Waals surface area contributed by atoms with Gasteiger partial charge in [0, 0.05) is 37.7 Å². The van der Waals surface area contributed by atoms with E-state index < -0.39 is 17.6 Å². The zero-order chi connectivity index (χ0) is 23.2. The van der Waals surface area contributed by atoms with Crippen LogP contribution in [0.25, 0.3) is 0 Å². The summed E-state index contributed by atoms with van der Waals surface area (Å²) in [4.78, 5) is 40.7. The molecule has 8 nitrogen and oxygen atoms in total. The summed E-state index contributed by atoms with van der Waals surface area (Å²) >= 11 is 0. The number of carbonyl (C=O) groups excluding carboxylic acids is 3. The zero-order valence-corrected chi connectivity index (χ0v) is 19.2. The number of aliphatic hydroxyl groups is 1. The van der Waals surface area contributed by atoms with Gasteiger partial charge < -0.3 is 14.7 Å². The summed E-state index contributed by atoms with van der Waals surface area (Å²) in [5.41, 5.74) is 0.900. The number of piperidine rings is 2. The molecule has 5 rings (SSSR count). The summed E-state index contributed by atoms with van der Waals surface area (Å²) in [6.45, 7) is 4.05. The molecule has 8 heteroatoms. The average molecular weight is 456 g/mol. The molecule has 3 fully saturated rings. The van der Waals surface area contributed by atoms with E-state index in [2.05, 4.69) is 10.2 Å². The van der Waals surface area contributed by atoms with E-state index in [1.807, 2.05) is 19.1 Å². The molecular formula is C25H33N3O5. The van der Waals surface area contributed by atoms with Gasteiger partial charge in [-0.05, 0) is 69.2 Å². The molecule has 3 amide bonds. The molecule has 4 aliphatic rings. The van der Waals surface area contributed by atoms with E-state index >= 15 is 0 Å². The van der Waals surface area contributed by atoms with Crippen molar-refractivity contribution in [1.29, 1.82) is 0 Å². The third-order valence-electron chi connectivity index (χ3n) is 7.79. The SMILES string of the molecule is CC1(O)CCN([C@@H]2CCCC[C@H]2Oc2ccc3c(c2)CN(C2CCC(=O)NC2=O)C3=O)CC1. The van der Waals surface area contributed by atoms with Crippen LogP contribution in [0.3, 0.4) is 0 Å². The third kappa shape index (κ3) is 4.51. The molecule has 1 aromatic carbocycles. The zero-order valence-electron chi connectivity index (χ0n) is 19.2. The first-order valence-electron chi connectivity index (χ1n) is 12.2. The first-order valence-corrected chi connectivity index (χ1v) is 12.2. The average Bonchev–Trinajstić information content (AvgIpc) is 3.10. The largest absolute Gasteiger partial charge is 0.489 e. The molecule has 0 radical (unpaired) electrons. The highest BCUT2D eigenvalue weighted by molar-refractivity contribution is 6.05. The quantitative estimate of drug-likeness (QED) is 0.674. The van der Waals surface area contributed by atoms with E-state index in [1.54, 1.807) is 11.0 Å². The van der Waals surface area contributed by atoms with Crippen LogP contribution in [0.2, 0.25) is 0 Å². The Balaban J connectivity index is 1.28. The number of fused-ring (bicyclic) bond motifs is 1. The Bertz CT molecular complexity index is 951. The fraction of sp³-hybridized carbons (Fsp3) is 0.640. The van der Waals surface area contributed by atoms with Gasteiger partial charge in [-0.1, -0.05) is 6.42 Å². The van der Waals surface area contributed by atoms with Gasteiger partial charge >= 0.3 is 0 Å². The number of rotatable bonds is 4. The Morgan fingerprint density at radius 3 is 2.61 bits per heavy atom. The predicted molar refractivity (Wildman–Crippen MR) is 121 cm³/mol. The monoisotopic (exact) mass is 455 g/mol. The van der Waals surface area contributed by atoms with Gasteiger partial charge in [0.2, 0.25) is 11.8 Å². The lowest BCUT2D eigenvalue weighted by molar-refractivity contribution is -0.136. The van der Waals surface area contributed by atoms with E-state index in [0.29, 0.717) is 24.6 Å². The minimum Gasteiger partial charge on any atom is -0.489 e. The lowest BCUT2D eigenvalue weighted by Gasteiger charge is -2.44. The van der Waals surface area contributed by atoms with Crippen LogP contribution in [-0.2, 0) is 16.1 Å². The fourth-order valence-corrected chi connectivity index (χ4v) is 5.77. The molecule has 1 unspecified atom stereocenters. The molecule has 33 heavy (non-hydrogen) atoms. The van der Waals surface area contributed by atoms with Gasteiger partial charge in [-0.15, -0.1) is 0 Å². The van der Waals surface area contributed by atoms with Crippen molar-refractivity contribution < 1.29 is 24.2 Å². The van der Waals surface area contributed by atoms with Crippen LogP contribution >= 0.6 is 0 Å². The number of nitrogens with zero attached hydrogens (tertiary/aromatic N) is 2. The van der Waals surface area contributed by atoms with E-state index in [-0.39, 0.29) is 24.3 Å². The standard InChI is InChI=1S/C25H33N3O5/c1-25(32)10-12-27(13-11-25)19-4-2-3-5-21(19)33-17-6-7-18-16(14-17)15-28(24(18)31)20-8-9-22(29)26-23(20)30/h6-7,14,19-21,32H,2-5,8-13,15H2,1H3,(H,26,29,30)/t19-,20?,21-/m1/s1. The second kappa shape index (κ2) is 8.72. The molecule has 178 valence electrons. The number of likely N-dealkylation sites (tertiary alicyclic amines) is 1. The fourth-order valence-electron chi connectivity index (χ4n) is 5.77. The first-order chi connectivity index (χ1) is 15.8. The van der Waals surface area contributed by atoms with Gasteiger partial charge in [0.15, 0.2) is 0 Å². The van der Waals surface area contributed by atoms with Crippen molar-refractivity contribution in [2.75, 3.05) is 13.1 Å². The maximum atomic E-state index is 12.9. The van der Waals surface area contributed by atoms with Gasteiger partial charge in [-0.25, -0.2) is 0 Å². The van der Waals surface area contributed by atoms with Crippen molar-refractivity contribution in [1.82, 2.24) is 15.1 Å². The molecule has 0 aromatic heterocycles. The van der Waals surface area contributed by atoms with Crippen LogP contribution in [0.5, 0.6) is 5.75 Å². The Hall–Kier alpha value is -2.45. The minimum absolute atomic E-state index is 0.0863. The van der Waals surface area contributed by atoms with Crippen LogP contribution in [-0.4, -0.2) is 69.5 Å². The number of hydrogen-bond donors (Lipinski definition) is 2. The van der Waals surface area contributed by atoms with E-state index in [4.69, 9.17) is 4.74 Å². The smallest absolute Gasteiger partial charge is 0.255 e. The molecule has 3 heterocycles. The highest BCUT2D eigenvalue weighted by atomic mass is 16.5. The van der Waals surface area contributed by atoms with Gasteiger partial charge in [0.1, 0.15) is 17.9 Å². The second-order valence-electron chi connectivity index (χ2n) is 10.3. The summed E-state index contributed by atoms with van der Waals surface area (Å²) in [5, 5.41) is 12.7. The number of benzene rings is 1. The van der Waals surface area contributed by atoms with Crippen molar-refractivity contribution in [3.63, 3.8) is 0 Å². The Labute approximate surface area is 194 Å². The summed E-state index contributed by atoms with van der Waals surface area (Å²) in [7, 11) is 0. The second-order valence-corrected chi connectivity index (χ2v) is 10.3. The Kier molecular flexibility index (Phi) is 5.91. The van der Waals surface area contributed by atoms with Gasteiger partial charge in [0.05, 0.1) is 5.60 Å². The lowest BCUT2D eigenvalue weighted by atomic mass is 9.87. The molecule has 0 bridgehead atoms. The molecule has 2 saturated heterocycles. The summed E-state index contributed by atoms with van der Waals surface area (Å²) in [6.07, 6.45) is 6.69. The molecule has 3 atom stereocenters. The van der Waals surface area contributed by atoms with Gasteiger partial charge in [-0.3, -0.25) is 24.6 Å². The molecule has 2 N–H and O–H groups in total. The topological polar surface area (TPSA) is 99.2 Å². The van der Waals surface area contributed by atoms with Crippen molar-refractivity contribution in [3.8, 4) is 5.75 Å². The third-order valence-corrected chi connectivity index (χ3v) is 7.79. The summed E-state index contributed by atoms with van der Waals surface area (Å²) < 4.78 is 6.49. The first kappa shape index (κ1) is 22.3.